The summed E-state index contributed by atoms with van der Waals surface area (Å²) in [6.45, 7) is -2.01. The van der Waals surface area contributed by atoms with Crippen LogP contribution in [0.2, 0.25) is 0 Å². The first kappa shape index (κ1) is 27.7. The molecule has 6 atom stereocenters. The number of nitrogens with one attached hydrogen (secondary N) is 1. The van der Waals surface area contributed by atoms with Gasteiger partial charge in [-0.05, 0) is 0 Å². The molecule has 18 nitrogen and oxygen atoms in total. The van der Waals surface area contributed by atoms with E-state index in [1.807, 2.05) is 10.9 Å². The summed E-state index contributed by atoms with van der Waals surface area (Å²) < 4.78 is 56.6. The number of aromatic amines is 1. The molecule has 1 saturated heterocycles. The van der Waals surface area contributed by atoms with E-state index in [2.05, 4.69) is 13.1 Å². The molecule has 1 aliphatic rings. The molecule has 0 aromatic carbocycles. The molecule has 186 valence electrons. The number of terminal acetylenes is 1. The van der Waals surface area contributed by atoms with Gasteiger partial charge in [0.1, 0.15) is 25.4 Å². The zero-order chi connectivity index (χ0) is 25.2. The minimum Gasteiger partial charge on any atom is -0.385 e. The highest BCUT2D eigenvalue weighted by Gasteiger charge is 2.58. The van der Waals surface area contributed by atoms with Gasteiger partial charge in [0.15, 0.2) is 6.23 Å². The zero-order valence-corrected chi connectivity index (χ0v) is 18.6. The van der Waals surface area contributed by atoms with Gasteiger partial charge in [0.2, 0.25) is 5.79 Å². The van der Waals surface area contributed by atoms with Crippen LogP contribution in [-0.2, 0) is 36.3 Å². The van der Waals surface area contributed by atoms with Crippen LogP contribution in [0.5, 0.6) is 0 Å². The van der Waals surface area contributed by atoms with Crippen LogP contribution in [0.1, 0.15) is 6.23 Å². The van der Waals surface area contributed by atoms with Crippen molar-refractivity contribution >= 4 is 23.5 Å². The van der Waals surface area contributed by atoms with Crippen LogP contribution in [0.3, 0.4) is 0 Å². The molecule has 1 aliphatic heterocycles. The summed E-state index contributed by atoms with van der Waals surface area (Å²) in [6, 6.07) is 0.873. The number of phosphoric ester groups is 1. The van der Waals surface area contributed by atoms with E-state index in [4.69, 9.17) is 25.7 Å². The molecule has 33 heavy (non-hydrogen) atoms. The first-order valence-corrected chi connectivity index (χ1v) is 12.7. The molecule has 0 aliphatic carbocycles. The van der Waals surface area contributed by atoms with Crippen molar-refractivity contribution in [1.82, 2.24) is 9.55 Å². The fourth-order valence-corrected chi connectivity index (χ4v) is 5.57. The number of H-pyrrole nitrogens is 1. The lowest BCUT2D eigenvalue weighted by molar-refractivity contribution is -0.274. The van der Waals surface area contributed by atoms with Gasteiger partial charge in [-0.2, -0.15) is 8.62 Å². The number of hydrogen-bond donors (Lipinski definition) is 7. The maximum atomic E-state index is 12.0. The highest BCUT2D eigenvalue weighted by Crippen LogP contribution is 2.66. The molecule has 0 saturated carbocycles. The summed E-state index contributed by atoms with van der Waals surface area (Å²) >= 11 is 0. The van der Waals surface area contributed by atoms with Crippen molar-refractivity contribution in [2.75, 3.05) is 13.2 Å². The number of aliphatic hydroxyl groups excluding tert-OH is 2. The lowest BCUT2D eigenvalue weighted by atomic mass is 10.1. The summed E-state index contributed by atoms with van der Waals surface area (Å²) in [7, 11) is -17.2. The van der Waals surface area contributed by atoms with Crippen molar-refractivity contribution < 1.29 is 66.1 Å². The number of rotatable bonds is 10. The monoisotopic (exact) mass is 538 g/mol. The number of hydrogen-bond acceptors (Lipinski definition) is 12. The van der Waals surface area contributed by atoms with E-state index in [0.29, 0.717) is 4.57 Å². The maximum absolute atomic E-state index is 12.0. The molecule has 1 aromatic rings. The molecule has 0 spiro atoms. The summed E-state index contributed by atoms with van der Waals surface area (Å²) in [4.78, 5) is 60.9. The van der Waals surface area contributed by atoms with E-state index in [-0.39, 0.29) is 0 Å². The van der Waals surface area contributed by atoms with Crippen LogP contribution in [0.4, 0.5) is 0 Å². The Kier molecular flexibility index (Phi) is 8.40. The molecule has 21 heteroatoms. The maximum Gasteiger partial charge on any atom is 0.490 e. The fourth-order valence-electron chi connectivity index (χ4n) is 2.53. The van der Waals surface area contributed by atoms with Crippen molar-refractivity contribution in [3.63, 3.8) is 0 Å². The molecule has 1 fully saturated rings. The average Bonchev–Trinajstić information content (AvgIpc) is 2.88. The Morgan fingerprint density at radius 3 is 2.33 bits per heavy atom. The van der Waals surface area contributed by atoms with Crippen LogP contribution in [0, 0.1) is 12.3 Å². The highest BCUT2D eigenvalue weighted by molar-refractivity contribution is 7.66. The lowest BCUT2D eigenvalue weighted by Gasteiger charge is -2.31. The van der Waals surface area contributed by atoms with Gasteiger partial charge in [-0.1, -0.05) is 5.92 Å². The summed E-state index contributed by atoms with van der Waals surface area (Å²) in [5.74, 6) is -0.617. The van der Waals surface area contributed by atoms with Gasteiger partial charge in [-0.25, -0.2) is 18.5 Å². The smallest absolute Gasteiger partial charge is 0.385 e. The summed E-state index contributed by atoms with van der Waals surface area (Å²) in [5.41, 5.74) is -1.88. The van der Waals surface area contributed by atoms with Crippen LogP contribution in [0.15, 0.2) is 21.9 Å². The molecule has 0 bridgehead atoms. The fraction of sp³-hybridized carbons (Fsp3) is 0.500. The number of nitrogens with zero attached hydrogens (tertiary/aromatic N) is 1. The molecule has 2 rings (SSSR count). The van der Waals surface area contributed by atoms with Gasteiger partial charge in [0, 0.05) is 12.3 Å². The number of aromatic nitrogens is 2. The molecule has 2 unspecified atom stereocenters. The largest absolute Gasteiger partial charge is 0.490 e. The molecular weight excluding hydrogens is 521 g/mol. The van der Waals surface area contributed by atoms with E-state index >= 15 is 0 Å². The molecule has 0 amide bonds. The molecule has 1 aromatic heterocycles. The van der Waals surface area contributed by atoms with Crippen LogP contribution >= 0.6 is 23.5 Å². The van der Waals surface area contributed by atoms with Gasteiger partial charge in [0.25, 0.3) is 5.56 Å². The SMILES string of the molecule is C#CCO[C@]1(COP(=O)(O)OP(=O)(O)OP(=O)(O)O)O[C@@H](n2ccc(=O)[nH]c2=O)[C@H](O)[C@@H]1O. The first-order valence-electron chi connectivity index (χ1n) is 8.22. The van der Waals surface area contributed by atoms with E-state index in [9.17, 15) is 43.3 Å². The highest BCUT2D eigenvalue weighted by atomic mass is 31.3. The predicted octanol–water partition coefficient (Wildman–Crippen LogP) is -2.52. The number of aliphatic hydroxyl groups is 2. The normalized spacial score (nSPS) is 29.2. The van der Waals surface area contributed by atoms with Crippen molar-refractivity contribution in [2.45, 2.75) is 24.2 Å². The van der Waals surface area contributed by atoms with Crippen LogP contribution in [0.25, 0.3) is 0 Å². The second kappa shape index (κ2) is 10.0. The topological polar surface area (TPSA) is 274 Å². The Morgan fingerprint density at radius 2 is 1.79 bits per heavy atom. The Morgan fingerprint density at radius 1 is 1.15 bits per heavy atom. The Labute approximate surface area is 182 Å². The third-order valence-electron chi connectivity index (χ3n) is 3.76. The quantitative estimate of drug-likeness (QED) is 0.120. The number of phosphoric acid groups is 3. The lowest BCUT2D eigenvalue weighted by Crippen LogP contribution is -2.49. The Bertz CT molecular complexity index is 1170. The van der Waals surface area contributed by atoms with Gasteiger partial charge in [-0.3, -0.25) is 18.9 Å². The van der Waals surface area contributed by atoms with E-state index in [1.165, 1.54) is 0 Å². The van der Waals surface area contributed by atoms with Crippen molar-refractivity contribution in [1.29, 1.82) is 0 Å². The minimum absolute atomic E-state index is 0.626. The molecular formula is C12H17N2O16P3. The second-order valence-corrected chi connectivity index (χ2v) is 10.6. The Balaban J connectivity index is 2.29. The first-order chi connectivity index (χ1) is 15.0. The molecule has 2 heterocycles. The average molecular weight is 538 g/mol. The van der Waals surface area contributed by atoms with E-state index in [1.54, 1.807) is 0 Å². The van der Waals surface area contributed by atoms with Gasteiger partial charge in [-0.15, -0.1) is 6.42 Å². The van der Waals surface area contributed by atoms with Crippen LogP contribution < -0.4 is 11.2 Å². The Hall–Kier alpha value is -1.51. The molecule has 0 radical (unpaired) electrons. The molecule has 7 N–H and O–H groups in total. The standard InChI is InChI=1S/C12H17N2O16P3/c1-2-5-26-12(6-27-32(22,23)30-33(24,25)29-31(19,20)21)9(17)8(16)10(28-12)14-4-3-7(15)13-11(14)18/h1,3-4,8-10,16-17H,5-6H2,(H,22,23)(H,24,25)(H,13,15,18)(H2,19,20,21)/t8-,9+,10-,12-/m1/s1. The second-order valence-electron chi connectivity index (χ2n) is 6.13. The van der Waals surface area contributed by atoms with Gasteiger partial charge >= 0.3 is 29.2 Å². The minimum atomic E-state index is -5.84. The third-order valence-corrected chi connectivity index (χ3v) is 7.54. The number of ether oxygens (including phenoxy) is 2. The third kappa shape index (κ3) is 7.23. The van der Waals surface area contributed by atoms with Crippen molar-refractivity contribution in [2.24, 2.45) is 0 Å². The van der Waals surface area contributed by atoms with Gasteiger partial charge in [0.05, 0.1) is 0 Å². The van der Waals surface area contributed by atoms with E-state index < -0.39 is 72.2 Å². The van der Waals surface area contributed by atoms with E-state index in [0.717, 1.165) is 12.3 Å². The zero-order valence-electron chi connectivity index (χ0n) is 15.9. The summed E-state index contributed by atoms with van der Waals surface area (Å²) in [5, 5.41) is 20.7. The van der Waals surface area contributed by atoms with Crippen molar-refractivity contribution in [3.8, 4) is 12.3 Å². The summed E-state index contributed by atoms with van der Waals surface area (Å²) in [6.07, 6.45) is 0.0759. The predicted molar refractivity (Wildman–Crippen MR) is 101 cm³/mol. The van der Waals surface area contributed by atoms with Crippen molar-refractivity contribution in [3.05, 3.63) is 33.1 Å². The van der Waals surface area contributed by atoms with Crippen LogP contribution in [-0.4, -0.2) is 70.5 Å². The van der Waals surface area contributed by atoms with Gasteiger partial charge < -0.3 is 39.3 Å².